The predicted octanol–water partition coefficient (Wildman–Crippen LogP) is 15.8. The highest BCUT2D eigenvalue weighted by Gasteiger charge is 2.25. The Balaban J connectivity index is 1.06. The molecule has 0 N–H and O–H groups in total. The van der Waals surface area contributed by atoms with Gasteiger partial charge in [-0.15, -0.1) is 0 Å². The number of aromatic nitrogens is 6. The minimum Gasteiger partial charge on any atom is -0.307 e. The first-order valence-corrected chi connectivity index (χ1v) is 23.4. The van der Waals surface area contributed by atoms with Crippen LogP contribution in [0.5, 0.6) is 0 Å². The topological polar surface area (TPSA) is 53.5 Å². The molecule has 0 amide bonds. The van der Waals surface area contributed by atoms with Gasteiger partial charge in [-0.05, 0) is 75.8 Å². The first-order chi connectivity index (χ1) is 34.2. The third-order valence-electron chi connectivity index (χ3n) is 13.7. The van der Waals surface area contributed by atoms with Crippen molar-refractivity contribution in [3.63, 3.8) is 0 Å². The zero-order valence-corrected chi connectivity index (χ0v) is 37.3. The van der Waals surface area contributed by atoms with Crippen LogP contribution in [0.15, 0.2) is 243 Å². The molecule has 4 aromatic heterocycles. The van der Waals surface area contributed by atoms with Gasteiger partial charge in [0.15, 0.2) is 5.82 Å². The Bertz CT molecular complexity index is 4240. The lowest BCUT2D eigenvalue weighted by Crippen LogP contribution is -2.10. The molecule has 0 unspecified atom stereocenters. The Labute approximate surface area is 397 Å². The van der Waals surface area contributed by atoms with E-state index < -0.39 is 0 Å². The standard InChI is InChI=1S/C63H40N6/c1-3-17-41(18-4-1)43-33-35-44(36-34-43)61-64-62(68-56-30-12-7-25-49(56)50-26-8-13-31-57(50)68)66-63(65-61)69-58-32-14-10-28-52(58)54-38-37-53-51-27-9-11-29-55(51)67(59(53)60(54)69)48-24-16-23-47(40-48)46-22-15-21-45(39-46)42-19-5-2-6-20-42/h1-40H. The molecule has 10 aromatic carbocycles. The molecule has 0 fully saturated rings. The Morgan fingerprint density at radius 1 is 0.232 bits per heavy atom. The molecule has 6 heteroatoms. The van der Waals surface area contributed by atoms with E-state index >= 15 is 0 Å². The molecular formula is C63H40N6. The lowest BCUT2D eigenvalue weighted by molar-refractivity contribution is 0.893. The Morgan fingerprint density at radius 3 is 1.19 bits per heavy atom. The van der Waals surface area contributed by atoms with Gasteiger partial charge in [0, 0.05) is 43.6 Å². The van der Waals surface area contributed by atoms with Gasteiger partial charge >= 0.3 is 0 Å². The lowest BCUT2D eigenvalue weighted by Gasteiger charge is -2.15. The highest BCUT2D eigenvalue weighted by Crippen LogP contribution is 2.42. The molecule has 0 atom stereocenters. The molecule has 0 aliphatic heterocycles. The first kappa shape index (κ1) is 38.8. The fourth-order valence-corrected chi connectivity index (χ4v) is 10.6. The molecule has 0 radical (unpaired) electrons. The molecule has 14 rings (SSSR count). The smallest absolute Gasteiger partial charge is 0.240 e. The minimum absolute atomic E-state index is 0.533. The molecule has 322 valence electrons. The van der Waals surface area contributed by atoms with E-state index in [2.05, 4.69) is 250 Å². The minimum atomic E-state index is 0.533. The predicted molar refractivity (Wildman–Crippen MR) is 285 cm³/mol. The van der Waals surface area contributed by atoms with Crippen LogP contribution in [0, 0.1) is 0 Å². The van der Waals surface area contributed by atoms with E-state index in [1.807, 2.05) is 6.07 Å². The summed E-state index contributed by atoms with van der Waals surface area (Å²) < 4.78 is 6.90. The number of para-hydroxylation sites is 4. The van der Waals surface area contributed by atoms with Gasteiger partial charge in [0.1, 0.15) is 0 Å². The van der Waals surface area contributed by atoms with Crippen LogP contribution in [0.1, 0.15) is 0 Å². The van der Waals surface area contributed by atoms with E-state index in [1.54, 1.807) is 0 Å². The number of benzene rings is 10. The van der Waals surface area contributed by atoms with Crippen molar-refractivity contribution in [1.82, 2.24) is 28.7 Å². The summed E-state index contributed by atoms with van der Waals surface area (Å²) in [7, 11) is 0. The molecule has 69 heavy (non-hydrogen) atoms. The molecule has 0 aliphatic carbocycles. The SMILES string of the molecule is c1ccc(-c2ccc(-c3nc(-n4c5ccccc5c5ccccc54)nc(-n4c5ccccc5c5ccc6c7ccccc7n(-c7cccc(-c8cccc(-c9ccccc9)c8)c7)c6c54)n3)cc2)cc1. The van der Waals surface area contributed by atoms with Crippen molar-refractivity contribution in [3.8, 4) is 62.4 Å². The fourth-order valence-electron chi connectivity index (χ4n) is 10.6. The van der Waals surface area contributed by atoms with Gasteiger partial charge in [0.25, 0.3) is 0 Å². The van der Waals surface area contributed by atoms with E-state index in [9.17, 15) is 0 Å². The van der Waals surface area contributed by atoms with Crippen LogP contribution in [-0.2, 0) is 0 Å². The molecule has 0 bridgehead atoms. The molecule has 0 aliphatic rings. The summed E-state index contributed by atoms with van der Waals surface area (Å²) in [6, 6.07) is 86.3. The summed E-state index contributed by atoms with van der Waals surface area (Å²) in [5, 5.41) is 6.82. The molecule has 0 saturated carbocycles. The van der Waals surface area contributed by atoms with Gasteiger partial charge in [-0.2, -0.15) is 15.0 Å². The maximum Gasteiger partial charge on any atom is 0.240 e. The van der Waals surface area contributed by atoms with Crippen LogP contribution in [-0.4, -0.2) is 28.7 Å². The Hall–Kier alpha value is -9.39. The van der Waals surface area contributed by atoms with Crippen LogP contribution in [0.25, 0.3) is 128 Å². The summed E-state index contributed by atoms with van der Waals surface area (Å²) in [6.45, 7) is 0. The molecule has 4 heterocycles. The van der Waals surface area contributed by atoms with Crippen molar-refractivity contribution in [3.05, 3.63) is 243 Å². The third kappa shape index (κ3) is 6.23. The molecule has 0 spiro atoms. The maximum atomic E-state index is 5.55. The van der Waals surface area contributed by atoms with Crippen LogP contribution in [0.2, 0.25) is 0 Å². The third-order valence-corrected chi connectivity index (χ3v) is 13.7. The molecule has 0 saturated heterocycles. The molecule has 6 nitrogen and oxygen atoms in total. The summed E-state index contributed by atoms with van der Waals surface area (Å²) in [5.74, 6) is 1.66. The normalized spacial score (nSPS) is 11.8. The monoisotopic (exact) mass is 880 g/mol. The van der Waals surface area contributed by atoms with Gasteiger partial charge in [0.2, 0.25) is 11.9 Å². The summed E-state index contributed by atoms with van der Waals surface area (Å²) in [5.41, 5.74) is 15.2. The summed E-state index contributed by atoms with van der Waals surface area (Å²) in [4.78, 5) is 16.4. The Kier molecular flexibility index (Phi) is 8.79. The average molecular weight is 881 g/mol. The van der Waals surface area contributed by atoms with Crippen molar-refractivity contribution >= 4 is 65.4 Å². The zero-order valence-electron chi connectivity index (χ0n) is 37.3. The van der Waals surface area contributed by atoms with Gasteiger partial charge in [0.05, 0.1) is 33.1 Å². The first-order valence-electron chi connectivity index (χ1n) is 23.4. The van der Waals surface area contributed by atoms with Gasteiger partial charge in [-0.25, -0.2) is 0 Å². The van der Waals surface area contributed by atoms with Crippen LogP contribution >= 0.6 is 0 Å². The van der Waals surface area contributed by atoms with Crippen LogP contribution in [0.3, 0.4) is 0 Å². The van der Waals surface area contributed by atoms with Gasteiger partial charge in [-0.1, -0.05) is 200 Å². The van der Waals surface area contributed by atoms with Crippen molar-refractivity contribution in [2.75, 3.05) is 0 Å². The summed E-state index contributed by atoms with van der Waals surface area (Å²) in [6.07, 6.45) is 0. The van der Waals surface area contributed by atoms with Crippen molar-refractivity contribution in [1.29, 1.82) is 0 Å². The zero-order chi connectivity index (χ0) is 45.4. The van der Waals surface area contributed by atoms with Gasteiger partial charge in [-0.3, -0.25) is 9.13 Å². The van der Waals surface area contributed by atoms with Crippen molar-refractivity contribution < 1.29 is 0 Å². The van der Waals surface area contributed by atoms with Crippen LogP contribution in [0.4, 0.5) is 0 Å². The highest BCUT2D eigenvalue weighted by molar-refractivity contribution is 6.23. The van der Waals surface area contributed by atoms with Crippen molar-refractivity contribution in [2.45, 2.75) is 0 Å². The Morgan fingerprint density at radius 2 is 0.609 bits per heavy atom. The molecule has 14 aromatic rings. The number of hydrogen-bond donors (Lipinski definition) is 0. The van der Waals surface area contributed by atoms with Crippen LogP contribution < -0.4 is 0 Å². The van der Waals surface area contributed by atoms with Crippen molar-refractivity contribution in [2.24, 2.45) is 0 Å². The molecular weight excluding hydrogens is 841 g/mol. The number of fused-ring (bicyclic) bond motifs is 10. The van der Waals surface area contributed by atoms with E-state index in [1.165, 1.54) is 16.5 Å². The second-order valence-corrected chi connectivity index (χ2v) is 17.6. The second-order valence-electron chi connectivity index (χ2n) is 17.6. The number of rotatable bonds is 7. The summed E-state index contributed by atoms with van der Waals surface area (Å²) >= 11 is 0. The number of nitrogens with zero attached hydrogens (tertiary/aromatic N) is 6. The fraction of sp³-hybridized carbons (Fsp3) is 0. The second kappa shape index (κ2) is 15.6. The lowest BCUT2D eigenvalue weighted by atomic mass is 9.99. The van der Waals surface area contributed by atoms with Gasteiger partial charge < -0.3 is 4.57 Å². The maximum absolute atomic E-state index is 5.55. The van der Waals surface area contributed by atoms with E-state index in [0.717, 1.165) is 93.5 Å². The highest BCUT2D eigenvalue weighted by atomic mass is 15.3. The number of hydrogen-bond acceptors (Lipinski definition) is 3. The quantitative estimate of drug-likeness (QED) is 0.160. The van der Waals surface area contributed by atoms with E-state index in [0.29, 0.717) is 17.7 Å². The largest absolute Gasteiger partial charge is 0.307 e. The van der Waals surface area contributed by atoms with E-state index in [4.69, 9.17) is 15.0 Å². The average Bonchev–Trinajstić information content (AvgIpc) is 4.07. The van der Waals surface area contributed by atoms with E-state index in [-0.39, 0.29) is 0 Å².